The van der Waals surface area contributed by atoms with Crippen molar-refractivity contribution >= 4 is 0 Å². The van der Waals surface area contributed by atoms with Gasteiger partial charge in [0.2, 0.25) is 0 Å². The van der Waals surface area contributed by atoms with Crippen LogP contribution in [0.15, 0.2) is 24.3 Å². The Bertz CT molecular complexity index is 352. The van der Waals surface area contributed by atoms with Crippen molar-refractivity contribution in [3.05, 3.63) is 29.8 Å². The molecule has 0 saturated heterocycles. The first kappa shape index (κ1) is 16.0. The van der Waals surface area contributed by atoms with E-state index in [1.807, 2.05) is 12.1 Å². The molecular formula is C16H28NO2+. The van der Waals surface area contributed by atoms with Crippen LogP contribution in [0.5, 0.6) is 5.75 Å². The smallest absolute Gasteiger partial charge is 0.122 e. The molecule has 0 aliphatic heterocycles. The van der Waals surface area contributed by atoms with Gasteiger partial charge in [-0.3, -0.25) is 0 Å². The summed E-state index contributed by atoms with van der Waals surface area (Å²) in [6.07, 6.45) is 1.13. The molecule has 0 radical (unpaired) electrons. The lowest BCUT2D eigenvalue weighted by Crippen LogP contribution is -3.06. The summed E-state index contributed by atoms with van der Waals surface area (Å²) in [7, 11) is 4.25. The Morgan fingerprint density at radius 1 is 1.11 bits per heavy atom. The van der Waals surface area contributed by atoms with Crippen LogP contribution < -0.4 is 9.64 Å². The predicted molar refractivity (Wildman–Crippen MR) is 79.1 cm³/mol. The first-order valence-electron chi connectivity index (χ1n) is 7.23. The fourth-order valence-electron chi connectivity index (χ4n) is 1.83. The second-order valence-electron chi connectivity index (χ2n) is 5.27. The van der Waals surface area contributed by atoms with Gasteiger partial charge in [0.25, 0.3) is 0 Å². The van der Waals surface area contributed by atoms with Gasteiger partial charge in [0.1, 0.15) is 18.9 Å². The van der Waals surface area contributed by atoms with Crippen LogP contribution in [0, 0.1) is 0 Å². The molecule has 0 unspecified atom stereocenters. The van der Waals surface area contributed by atoms with E-state index in [-0.39, 0.29) is 0 Å². The lowest BCUT2D eigenvalue weighted by Gasteiger charge is -2.15. The highest BCUT2D eigenvalue weighted by atomic mass is 16.5. The molecule has 1 rings (SSSR count). The lowest BCUT2D eigenvalue weighted by molar-refractivity contribution is -0.858. The van der Waals surface area contributed by atoms with E-state index < -0.39 is 0 Å². The van der Waals surface area contributed by atoms with Gasteiger partial charge in [-0.25, -0.2) is 0 Å². The Morgan fingerprint density at radius 2 is 1.84 bits per heavy atom. The van der Waals surface area contributed by atoms with Gasteiger partial charge >= 0.3 is 0 Å². The molecular weight excluding hydrogens is 238 g/mol. The Hall–Kier alpha value is -1.06. The molecule has 0 spiro atoms. The SMILES string of the molecule is CC[C@@H](C)c1ccccc1OCCOCC[NH+](C)C. The molecule has 1 aromatic carbocycles. The third-order valence-corrected chi connectivity index (χ3v) is 3.29. The van der Waals surface area contributed by atoms with Gasteiger partial charge in [0.05, 0.1) is 27.3 Å². The highest BCUT2D eigenvalue weighted by Crippen LogP contribution is 2.28. The zero-order chi connectivity index (χ0) is 14.1. The second kappa shape index (κ2) is 8.94. The molecule has 3 nitrogen and oxygen atoms in total. The molecule has 0 saturated carbocycles. The van der Waals surface area contributed by atoms with E-state index in [2.05, 4.69) is 40.1 Å². The average Bonchev–Trinajstić information content (AvgIpc) is 2.42. The van der Waals surface area contributed by atoms with Crippen molar-refractivity contribution in [2.75, 3.05) is 40.5 Å². The summed E-state index contributed by atoms with van der Waals surface area (Å²) in [6.45, 7) is 7.53. The average molecular weight is 266 g/mol. The van der Waals surface area contributed by atoms with E-state index in [0.29, 0.717) is 19.1 Å². The van der Waals surface area contributed by atoms with Crippen molar-refractivity contribution in [3.8, 4) is 5.75 Å². The highest BCUT2D eigenvalue weighted by molar-refractivity contribution is 5.35. The Morgan fingerprint density at radius 3 is 2.53 bits per heavy atom. The number of hydrogen-bond acceptors (Lipinski definition) is 2. The molecule has 0 aromatic heterocycles. The summed E-state index contributed by atoms with van der Waals surface area (Å²) >= 11 is 0. The molecule has 108 valence electrons. The van der Waals surface area contributed by atoms with E-state index in [1.165, 1.54) is 10.5 Å². The number of nitrogens with one attached hydrogen (secondary N) is 1. The van der Waals surface area contributed by atoms with Gasteiger partial charge in [0.15, 0.2) is 0 Å². The first-order valence-corrected chi connectivity index (χ1v) is 7.23. The standard InChI is InChI=1S/C16H27NO2/c1-5-14(2)15-8-6-7-9-16(15)19-13-12-18-11-10-17(3)4/h6-9,14H,5,10-13H2,1-4H3/p+1/t14-/m1/s1. The number of ether oxygens (including phenoxy) is 2. The molecule has 0 fully saturated rings. The van der Waals surface area contributed by atoms with Crippen LogP contribution in [0.4, 0.5) is 0 Å². The minimum absolute atomic E-state index is 0.537. The van der Waals surface area contributed by atoms with Crippen LogP contribution in [-0.2, 0) is 4.74 Å². The Balaban J connectivity index is 2.33. The van der Waals surface area contributed by atoms with E-state index >= 15 is 0 Å². The first-order chi connectivity index (χ1) is 9.15. The van der Waals surface area contributed by atoms with Gasteiger partial charge < -0.3 is 14.4 Å². The quantitative estimate of drug-likeness (QED) is 0.688. The van der Waals surface area contributed by atoms with Gasteiger partial charge in [-0.1, -0.05) is 32.0 Å². The van der Waals surface area contributed by atoms with Crippen molar-refractivity contribution in [1.29, 1.82) is 0 Å². The molecule has 1 aromatic rings. The monoisotopic (exact) mass is 266 g/mol. The number of likely N-dealkylation sites (N-methyl/N-ethyl adjacent to an activating group) is 1. The summed E-state index contributed by atoms with van der Waals surface area (Å²) < 4.78 is 11.4. The van der Waals surface area contributed by atoms with Crippen LogP contribution in [0.2, 0.25) is 0 Å². The number of hydrogen-bond donors (Lipinski definition) is 1. The third kappa shape index (κ3) is 6.08. The van der Waals surface area contributed by atoms with E-state index in [4.69, 9.17) is 9.47 Å². The van der Waals surface area contributed by atoms with E-state index in [0.717, 1.165) is 25.3 Å². The molecule has 0 aliphatic carbocycles. The molecule has 0 aliphatic rings. The van der Waals surface area contributed by atoms with Crippen molar-refractivity contribution in [2.24, 2.45) is 0 Å². The summed E-state index contributed by atoms with van der Waals surface area (Å²) in [5.74, 6) is 1.54. The van der Waals surface area contributed by atoms with Crippen molar-refractivity contribution in [2.45, 2.75) is 26.2 Å². The topological polar surface area (TPSA) is 22.9 Å². The molecule has 0 amide bonds. The van der Waals surface area contributed by atoms with Crippen LogP contribution in [0.3, 0.4) is 0 Å². The van der Waals surface area contributed by atoms with Gasteiger partial charge in [0, 0.05) is 0 Å². The van der Waals surface area contributed by atoms with Crippen LogP contribution in [0.1, 0.15) is 31.7 Å². The largest absolute Gasteiger partial charge is 0.491 e. The summed E-state index contributed by atoms with van der Waals surface area (Å²) in [5.41, 5.74) is 1.29. The fraction of sp³-hybridized carbons (Fsp3) is 0.625. The number of benzene rings is 1. The predicted octanol–water partition coefficient (Wildman–Crippen LogP) is 1.74. The normalized spacial score (nSPS) is 12.7. The minimum Gasteiger partial charge on any atom is -0.491 e. The summed E-state index contributed by atoms with van der Waals surface area (Å²) in [4.78, 5) is 1.41. The number of quaternary nitrogens is 1. The fourth-order valence-corrected chi connectivity index (χ4v) is 1.83. The van der Waals surface area contributed by atoms with Gasteiger partial charge in [-0.05, 0) is 24.0 Å². The maximum Gasteiger partial charge on any atom is 0.122 e. The van der Waals surface area contributed by atoms with Crippen LogP contribution >= 0.6 is 0 Å². The van der Waals surface area contributed by atoms with Gasteiger partial charge in [-0.2, -0.15) is 0 Å². The third-order valence-electron chi connectivity index (χ3n) is 3.29. The van der Waals surface area contributed by atoms with Crippen molar-refractivity contribution in [1.82, 2.24) is 0 Å². The summed E-state index contributed by atoms with van der Waals surface area (Å²) in [6, 6.07) is 8.30. The van der Waals surface area contributed by atoms with E-state index in [1.54, 1.807) is 0 Å². The Kier molecular flexibility index (Phi) is 7.53. The number of para-hydroxylation sites is 1. The second-order valence-corrected chi connectivity index (χ2v) is 5.27. The highest BCUT2D eigenvalue weighted by Gasteiger charge is 2.09. The molecule has 1 N–H and O–H groups in total. The maximum atomic E-state index is 5.84. The zero-order valence-electron chi connectivity index (χ0n) is 12.7. The zero-order valence-corrected chi connectivity index (χ0v) is 12.7. The minimum atomic E-state index is 0.537. The van der Waals surface area contributed by atoms with Crippen molar-refractivity contribution in [3.63, 3.8) is 0 Å². The van der Waals surface area contributed by atoms with Crippen LogP contribution in [0.25, 0.3) is 0 Å². The molecule has 1 atom stereocenters. The van der Waals surface area contributed by atoms with Gasteiger partial charge in [-0.15, -0.1) is 0 Å². The lowest BCUT2D eigenvalue weighted by atomic mass is 9.98. The number of rotatable bonds is 9. The molecule has 0 heterocycles. The van der Waals surface area contributed by atoms with Crippen LogP contribution in [-0.4, -0.2) is 40.5 Å². The molecule has 19 heavy (non-hydrogen) atoms. The molecule has 3 heteroatoms. The van der Waals surface area contributed by atoms with Crippen molar-refractivity contribution < 1.29 is 14.4 Å². The summed E-state index contributed by atoms with van der Waals surface area (Å²) in [5, 5.41) is 0. The van der Waals surface area contributed by atoms with E-state index in [9.17, 15) is 0 Å². The molecule has 0 bridgehead atoms. The Labute approximate surface area is 117 Å². The maximum absolute atomic E-state index is 5.84.